The second kappa shape index (κ2) is 9.29. The Balaban J connectivity index is 1.35. The van der Waals surface area contributed by atoms with Crippen molar-refractivity contribution < 1.29 is 14.6 Å². The molecule has 2 saturated heterocycles. The highest BCUT2D eigenvalue weighted by atomic mass is 16.5. The molecule has 0 aliphatic carbocycles. The monoisotopic (exact) mass is 347 g/mol. The number of hydrogen-bond acceptors (Lipinski definition) is 5. The van der Waals surface area contributed by atoms with E-state index in [1.54, 1.807) is 0 Å². The summed E-state index contributed by atoms with van der Waals surface area (Å²) >= 11 is 0. The van der Waals surface area contributed by atoms with Gasteiger partial charge in [0.15, 0.2) is 0 Å². The smallest absolute Gasteiger partial charge is 0.250 e. The molecule has 3 rings (SSSR count). The number of aliphatic hydroxyl groups excluding tert-OH is 1. The predicted molar refractivity (Wildman–Crippen MR) is 96.2 cm³/mol. The number of carbonyl (C=O) groups excluding carboxylic acids is 1. The van der Waals surface area contributed by atoms with Crippen LogP contribution in [-0.4, -0.2) is 67.9 Å². The van der Waals surface area contributed by atoms with Crippen molar-refractivity contribution in [3.63, 3.8) is 0 Å². The van der Waals surface area contributed by atoms with Crippen LogP contribution in [-0.2, 0) is 9.53 Å². The molecule has 0 aromatic heterocycles. The van der Waals surface area contributed by atoms with Gasteiger partial charge in [0, 0.05) is 26.2 Å². The normalized spacial score (nSPS) is 24.0. The van der Waals surface area contributed by atoms with Gasteiger partial charge < -0.3 is 25.4 Å². The molecule has 0 saturated carbocycles. The molecule has 2 aliphatic rings. The fourth-order valence-electron chi connectivity index (χ4n) is 3.49. The van der Waals surface area contributed by atoms with E-state index in [4.69, 9.17) is 4.74 Å². The van der Waals surface area contributed by atoms with Crippen LogP contribution in [0.1, 0.15) is 24.5 Å². The Morgan fingerprint density at radius 2 is 2.08 bits per heavy atom. The zero-order valence-corrected chi connectivity index (χ0v) is 14.7. The standard InChI is InChI=1S/C19H29N3O3/c23-17(16-4-2-1-3-5-16)14-22-9-6-15(7-10-22)12-21-19(24)18-13-20-8-11-25-18/h1-5,15,17-18,20,23H,6-14H2,(H,21,24)/t17?,18-/m1/s1. The van der Waals surface area contributed by atoms with Crippen molar-refractivity contribution in [2.75, 3.05) is 45.9 Å². The van der Waals surface area contributed by atoms with Crippen LogP contribution in [0.25, 0.3) is 0 Å². The Bertz CT molecular complexity index is 526. The van der Waals surface area contributed by atoms with Gasteiger partial charge in [-0.05, 0) is 37.4 Å². The summed E-state index contributed by atoms with van der Waals surface area (Å²) < 4.78 is 5.47. The zero-order valence-electron chi connectivity index (χ0n) is 14.7. The second-order valence-electron chi connectivity index (χ2n) is 6.98. The molecule has 0 spiro atoms. The van der Waals surface area contributed by atoms with Gasteiger partial charge in [-0.25, -0.2) is 0 Å². The van der Waals surface area contributed by atoms with Gasteiger partial charge >= 0.3 is 0 Å². The van der Waals surface area contributed by atoms with Crippen molar-refractivity contribution >= 4 is 5.91 Å². The third kappa shape index (κ3) is 5.51. The van der Waals surface area contributed by atoms with E-state index in [0.717, 1.165) is 38.0 Å². The third-order valence-corrected chi connectivity index (χ3v) is 5.11. The van der Waals surface area contributed by atoms with Crippen LogP contribution in [0.2, 0.25) is 0 Å². The molecule has 2 atom stereocenters. The van der Waals surface area contributed by atoms with Gasteiger partial charge in [0.25, 0.3) is 0 Å². The van der Waals surface area contributed by atoms with Crippen molar-refractivity contribution in [2.24, 2.45) is 5.92 Å². The molecule has 0 bridgehead atoms. The Kier molecular flexibility index (Phi) is 6.81. The molecule has 1 amide bonds. The summed E-state index contributed by atoms with van der Waals surface area (Å²) in [5.74, 6) is 0.500. The number of aliphatic hydroxyl groups is 1. The number of nitrogens with one attached hydrogen (secondary N) is 2. The lowest BCUT2D eigenvalue weighted by molar-refractivity contribution is -0.134. The van der Waals surface area contributed by atoms with E-state index < -0.39 is 6.10 Å². The zero-order chi connectivity index (χ0) is 17.5. The first-order valence-corrected chi connectivity index (χ1v) is 9.28. The number of rotatable bonds is 6. The largest absolute Gasteiger partial charge is 0.387 e. The first-order chi connectivity index (χ1) is 12.2. The van der Waals surface area contributed by atoms with Gasteiger partial charge in [0.05, 0.1) is 12.7 Å². The van der Waals surface area contributed by atoms with Gasteiger partial charge in [-0.3, -0.25) is 4.79 Å². The lowest BCUT2D eigenvalue weighted by Crippen LogP contribution is -2.49. The highest BCUT2D eigenvalue weighted by molar-refractivity contribution is 5.81. The van der Waals surface area contributed by atoms with Gasteiger partial charge in [0.1, 0.15) is 6.10 Å². The van der Waals surface area contributed by atoms with Gasteiger partial charge in [-0.15, -0.1) is 0 Å². The summed E-state index contributed by atoms with van der Waals surface area (Å²) in [6, 6.07) is 9.81. The average molecular weight is 347 g/mol. The molecule has 1 aromatic rings. The minimum Gasteiger partial charge on any atom is -0.387 e. The van der Waals surface area contributed by atoms with Crippen LogP contribution in [0.15, 0.2) is 30.3 Å². The molecular formula is C19H29N3O3. The molecule has 6 nitrogen and oxygen atoms in total. The second-order valence-corrected chi connectivity index (χ2v) is 6.98. The number of morpholine rings is 1. The SMILES string of the molecule is O=C(NCC1CCN(CC(O)c2ccccc2)CC1)[C@H]1CNCCO1. The number of carbonyl (C=O) groups is 1. The van der Waals surface area contributed by atoms with Crippen molar-refractivity contribution in [1.82, 2.24) is 15.5 Å². The number of β-amino-alcohol motifs (C(OH)–C–C–N with tert-alkyl or cyclic N) is 1. The molecule has 3 N–H and O–H groups in total. The summed E-state index contributed by atoms with van der Waals surface area (Å²) in [7, 11) is 0. The molecular weight excluding hydrogens is 318 g/mol. The number of piperidine rings is 1. The lowest BCUT2D eigenvalue weighted by atomic mass is 9.96. The number of ether oxygens (including phenoxy) is 1. The van der Waals surface area contributed by atoms with Gasteiger partial charge in [-0.1, -0.05) is 30.3 Å². The molecule has 1 aromatic carbocycles. The van der Waals surface area contributed by atoms with Crippen LogP contribution in [0, 0.1) is 5.92 Å². The molecule has 1 unspecified atom stereocenters. The topological polar surface area (TPSA) is 73.8 Å². The van der Waals surface area contributed by atoms with Crippen molar-refractivity contribution in [2.45, 2.75) is 25.0 Å². The predicted octanol–water partition coefficient (Wildman–Crippen LogP) is 0.537. The number of nitrogens with zero attached hydrogens (tertiary/aromatic N) is 1. The van der Waals surface area contributed by atoms with E-state index in [1.165, 1.54) is 0 Å². The summed E-state index contributed by atoms with van der Waals surface area (Å²) in [5, 5.41) is 16.5. The van der Waals surface area contributed by atoms with E-state index in [1.807, 2.05) is 30.3 Å². The fraction of sp³-hybridized carbons (Fsp3) is 0.632. The molecule has 6 heteroatoms. The quantitative estimate of drug-likeness (QED) is 0.700. The van der Waals surface area contributed by atoms with E-state index >= 15 is 0 Å². The number of hydrogen-bond donors (Lipinski definition) is 3. The highest BCUT2D eigenvalue weighted by Gasteiger charge is 2.25. The summed E-state index contributed by atoms with van der Waals surface area (Å²) in [4.78, 5) is 14.4. The number of benzene rings is 1. The van der Waals surface area contributed by atoms with Crippen molar-refractivity contribution in [3.8, 4) is 0 Å². The first kappa shape index (κ1) is 18.3. The molecule has 25 heavy (non-hydrogen) atoms. The van der Waals surface area contributed by atoms with E-state index in [2.05, 4.69) is 15.5 Å². The minimum absolute atomic E-state index is 0.00544. The van der Waals surface area contributed by atoms with E-state index in [0.29, 0.717) is 32.2 Å². The Morgan fingerprint density at radius 3 is 2.76 bits per heavy atom. The first-order valence-electron chi connectivity index (χ1n) is 9.28. The highest BCUT2D eigenvalue weighted by Crippen LogP contribution is 2.20. The molecule has 0 radical (unpaired) electrons. The van der Waals surface area contributed by atoms with Crippen LogP contribution in [0.3, 0.4) is 0 Å². The molecule has 2 aliphatic heterocycles. The van der Waals surface area contributed by atoms with Crippen LogP contribution >= 0.6 is 0 Å². The maximum atomic E-state index is 12.1. The van der Waals surface area contributed by atoms with E-state index in [9.17, 15) is 9.90 Å². The molecule has 138 valence electrons. The maximum Gasteiger partial charge on any atom is 0.250 e. The summed E-state index contributed by atoms with van der Waals surface area (Å²) in [6.45, 7) is 5.33. The third-order valence-electron chi connectivity index (χ3n) is 5.11. The summed E-state index contributed by atoms with van der Waals surface area (Å²) in [6.07, 6.45) is 1.31. The molecule has 2 heterocycles. The maximum absolute atomic E-state index is 12.1. The number of amides is 1. The lowest BCUT2D eigenvalue weighted by Gasteiger charge is -2.33. The Morgan fingerprint density at radius 1 is 1.32 bits per heavy atom. The average Bonchev–Trinajstić information content (AvgIpc) is 2.68. The number of likely N-dealkylation sites (tertiary alicyclic amines) is 1. The van der Waals surface area contributed by atoms with Gasteiger partial charge in [0.2, 0.25) is 5.91 Å². The van der Waals surface area contributed by atoms with Crippen LogP contribution in [0.5, 0.6) is 0 Å². The van der Waals surface area contributed by atoms with E-state index in [-0.39, 0.29) is 12.0 Å². The Labute approximate surface area is 149 Å². The van der Waals surface area contributed by atoms with Crippen LogP contribution in [0.4, 0.5) is 0 Å². The van der Waals surface area contributed by atoms with Crippen molar-refractivity contribution in [3.05, 3.63) is 35.9 Å². The molecule has 2 fully saturated rings. The minimum atomic E-state index is -0.437. The summed E-state index contributed by atoms with van der Waals surface area (Å²) in [5.41, 5.74) is 0.970. The van der Waals surface area contributed by atoms with Crippen LogP contribution < -0.4 is 10.6 Å². The fourth-order valence-corrected chi connectivity index (χ4v) is 3.49. The van der Waals surface area contributed by atoms with Gasteiger partial charge in [-0.2, -0.15) is 0 Å². The Hall–Kier alpha value is -1.47. The van der Waals surface area contributed by atoms with Crippen molar-refractivity contribution in [1.29, 1.82) is 0 Å².